The number of hydrogen-bond donors (Lipinski definition) is 1. The van der Waals surface area contributed by atoms with Crippen LogP contribution in [0.5, 0.6) is 0 Å². The molecule has 0 fully saturated rings. The Morgan fingerprint density at radius 3 is 2.93 bits per heavy atom. The Labute approximate surface area is 156 Å². The Hall–Kier alpha value is -3.53. The molecule has 0 spiro atoms. The average Bonchev–Trinajstić information content (AvgIpc) is 2.97. The maximum absolute atomic E-state index is 12.3. The van der Waals surface area contributed by atoms with E-state index >= 15 is 0 Å². The largest absolute Gasteiger partial charge is 0.452 e. The van der Waals surface area contributed by atoms with Crippen LogP contribution in [0.2, 0.25) is 5.02 Å². The summed E-state index contributed by atoms with van der Waals surface area (Å²) in [7, 11) is 0. The van der Waals surface area contributed by atoms with E-state index in [2.05, 4.69) is 15.4 Å². The van der Waals surface area contributed by atoms with Crippen LogP contribution in [0.4, 0.5) is 11.4 Å². The molecule has 138 valence electrons. The standard InChI is InChI=1S/C16H12ClN5O5/c1-9-14(15-18-5-2-6-21(15)20-9)16(24)27-8-13(23)19-12-7-10(22(25)26)3-4-11(12)17/h2-7H,8H2,1H3,(H,19,23). The second-order valence-electron chi connectivity index (χ2n) is 5.39. The van der Waals surface area contributed by atoms with Crippen LogP contribution >= 0.6 is 11.6 Å². The minimum Gasteiger partial charge on any atom is -0.452 e. The highest BCUT2D eigenvalue weighted by molar-refractivity contribution is 6.33. The minimum atomic E-state index is -0.763. The third-order valence-electron chi connectivity index (χ3n) is 3.54. The summed E-state index contributed by atoms with van der Waals surface area (Å²) in [5.74, 6) is -1.46. The third kappa shape index (κ3) is 3.85. The highest BCUT2D eigenvalue weighted by atomic mass is 35.5. The van der Waals surface area contributed by atoms with Crippen molar-refractivity contribution in [3.63, 3.8) is 0 Å². The Bertz CT molecular complexity index is 1060. The maximum Gasteiger partial charge on any atom is 0.344 e. The summed E-state index contributed by atoms with van der Waals surface area (Å²) >= 11 is 5.91. The fourth-order valence-electron chi connectivity index (χ4n) is 2.35. The van der Waals surface area contributed by atoms with Crippen molar-refractivity contribution in [2.45, 2.75) is 6.92 Å². The number of halogens is 1. The molecule has 1 N–H and O–H groups in total. The van der Waals surface area contributed by atoms with Gasteiger partial charge in [0.15, 0.2) is 12.3 Å². The number of aryl methyl sites for hydroxylation is 1. The monoisotopic (exact) mass is 389 g/mol. The molecule has 0 unspecified atom stereocenters. The van der Waals surface area contributed by atoms with Crippen LogP contribution in [0.1, 0.15) is 16.1 Å². The lowest BCUT2D eigenvalue weighted by Crippen LogP contribution is -2.21. The number of carbonyl (C=O) groups excluding carboxylic acids is 2. The molecule has 0 atom stereocenters. The second-order valence-corrected chi connectivity index (χ2v) is 5.80. The number of anilines is 1. The number of carbonyl (C=O) groups is 2. The number of nitro groups is 1. The molecule has 27 heavy (non-hydrogen) atoms. The number of benzene rings is 1. The SMILES string of the molecule is Cc1nn2cccnc2c1C(=O)OCC(=O)Nc1cc([N+](=O)[O-])ccc1Cl. The zero-order valence-corrected chi connectivity index (χ0v) is 14.6. The van der Waals surface area contributed by atoms with Crippen molar-refractivity contribution in [3.05, 3.63) is 63.1 Å². The summed E-state index contributed by atoms with van der Waals surface area (Å²) in [5.41, 5.74) is 0.667. The van der Waals surface area contributed by atoms with Gasteiger partial charge in [-0.3, -0.25) is 14.9 Å². The molecular formula is C16H12ClN5O5. The van der Waals surface area contributed by atoms with Crippen molar-refractivity contribution in [1.29, 1.82) is 0 Å². The van der Waals surface area contributed by atoms with Crippen molar-refractivity contribution < 1.29 is 19.2 Å². The Morgan fingerprint density at radius 2 is 2.19 bits per heavy atom. The Morgan fingerprint density at radius 1 is 1.41 bits per heavy atom. The van der Waals surface area contributed by atoms with E-state index in [1.165, 1.54) is 22.8 Å². The van der Waals surface area contributed by atoms with E-state index in [0.29, 0.717) is 11.3 Å². The van der Waals surface area contributed by atoms with E-state index < -0.39 is 23.4 Å². The van der Waals surface area contributed by atoms with E-state index in [4.69, 9.17) is 16.3 Å². The highest BCUT2D eigenvalue weighted by Crippen LogP contribution is 2.26. The van der Waals surface area contributed by atoms with Gasteiger partial charge in [0.25, 0.3) is 11.6 Å². The molecule has 0 aliphatic carbocycles. The summed E-state index contributed by atoms with van der Waals surface area (Å²) < 4.78 is 6.43. The molecule has 0 aliphatic heterocycles. The van der Waals surface area contributed by atoms with Crippen molar-refractivity contribution in [1.82, 2.24) is 14.6 Å². The van der Waals surface area contributed by atoms with Crippen LogP contribution < -0.4 is 5.32 Å². The summed E-state index contributed by atoms with van der Waals surface area (Å²) in [6.45, 7) is 1.01. The number of non-ortho nitro benzene ring substituents is 1. The average molecular weight is 390 g/mol. The molecule has 11 heteroatoms. The first-order chi connectivity index (χ1) is 12.9. The van der Waals surface area contributed by atoms with Gasteiger partial charge < -0.3 is 10.1 Å². The molecule has 0 saturated carbocycles. The third-order valence-corrected chi connectivity index (χ3v) is 3.87. The molecule has 0 aliphatic rings. The van der Waals surface area contributed by atoms with Gasteiger partial charge in [0.1, 0.15) is 5.56 Å². The molecule has 10 nitrogen and oxygen atoms in total. The van der Waals surface area contributed by atoms with Gasteiger partial charge in [-0.05, 0) is 19.1 Å². The van der Waals surface area contributed by atoms with Crippen LogP contribution in [0.15, 0.2) is 36.7 Å². The van der Waals surface area contributed by atoms with Gasteiger partial charge in [-0.25, -0.2) is 14.3 Å². The van der Waals surface area contributed by atoms with Crippen LogP contribution in [0, 0.1) is 17.0 Å². The normalized spacial score (nSPS) is 10.6. The predicted molar refractivity (Wildman–Crippen MR) is 94.7 cm³/mol. The van der Waals surface area contributed by atoms with Crippen molar-refractivity contribution in [2.24, 2.45) is 0 Å². The number of nitrogens with one attached hydrogen (secondary N) is 1. The summed E-state index contributed by atoms with van der Waals surface area (Å²) in [4.78, 5) is 38.6. The van der Waals surface area contributed by atoms with E-state index in [1.54, 1.807) is 19.2 Å². The molecule has 3 rings (SSSR count). The van der Waals surface area contributed by atoms with Crippen LogP contribution in [-0.4, -0.2) is 38.0 Å². The number of aromatic nitrogens is 3. The molecule has 0 bridgehead atoms. The van der Waals surface area contributed by atoms with Crippen LogP contribution in [0.25, 0.3) is 5.65 Å². The van der Waals surface area contributed by atoms with Gasteiger partial charge in [0.05, 0.1) is 21.3 Å². The van der Waals surface area contributed by atoms with Gasteiger partial charge >= 0.3 is 5.97 Å². The van der Waals surface area contributed by atoms with Crippen molar-refractivity contribution >= 4 is 40.5 Å². The zero-order chi connectivity index (χ0) is 19.6. The summed E-state index contributed by atoms with van der Waals surface area (Å²) in [6.07, 6.45) is 3.13. The second kappa shape index (κ2) is 7.38. The summed E-state index contributed by atoms with van der Waals surface area (Å²) in [5, 5.41) is 17.4. The molecule has 3 aromatic rings. The van der Waals surface area contributed by atoms with Gasteiger partial charge in [-0.2, -0.15) is 5.10 Å². The number of nitro benzene ring substituents is 1. The first-order valence-corrected chi connectivity index (χ1v) is 7.95. The maximum atomic E-state index is 12.3. The number of hydrogen-bond acceptors (Lipinski definition) is 7. The van der Waals surface area contributed by atoms with Crippen molar-refractivity contribution in [2.75, 3.05) is 11.9 Å². The first kappa shape index (κ1) is 18.3. The van der Waals surface area contributed by atoms with Crippen LogP contribution in [-0.2, 0) is 9.53 Å². The molecule has 1 amide bonds. The van der Waals surface area contributed by atoms with Crippen LogP contribution in [0.3, 0.4) is 0 Å². The van der Waals surface area contributed by atoms with Gasteiger partial charge in [-0.1, -0.05) is 11.6 Å². The molecule has 1 aromatic carbocycles. The smallest absolute Gasteiger partial charge is 0.344 e. The number of nitrogens with zero attached hydrogens (tertiary/aromatic N) is 4. The first-order valence-electron chi connectivity index (χ1n) is 7.57. The topological polar surface area (TPSA) is 129 Å². The van der Waals surface area contributed by atoms with E-state index in [0.717, 1.165) is 6.07 Å². The lowest BCUT2D eigenvalue weighted by Gasteiger charge is -2.08. The molecule has 2 heterocycles. The van der Waals surface area contributed by atoms with E-state index in [-0.39, 0.29) is 22.0 Å². The van der Waals surface area contributed by atoms with Gasteiger partial charge in [0, 0.05) is 24.5 Å². The van der Waals surface area contributed by atoms with E-state index in [9.17, 15) is 19.7 Å². The molecule has 2 aromatic heterocycles. The fraction of sp³-hybridized carbons (Fsp3) is 0.125. The molecule has 0 saturated heterocycles. The lowest BCUT2D eigenvalue weighted by molar-refractivity contribution is -0.384. The lowest BCUT2D eigenvalue weighted by atomic mass is 10.2. The number of fused-ring (bicyclic) bond motifs is 1. The zero-order valence-electron chi connectivity index (χ0n) is 13.9. The Balaban J connectivity index is 1.69. The highest BCUT2D eigenvalue weighted by Gasteiger charge is 2.21. The Kier molecular flexibility index (Phi) is 4.99. The fourth-order valence-corrected chi connectivity index (χ4v) is 2.51. The quantitative estimate of drug-likeness (QED) is 0.403. The predicted octanol–water partition coefficient (Wildman–Crippen LogP) is 2.39. The van der Waals surface area contributed by atoms with E-state index in [1.807, 2.05) is 0 Å². The number of ether oxygens (including phenoxy) is 1. The van der Waals surface area contributed by atoms with Gasteiger partial charge in [0.2, 0.25) is 0 Å². The minimum absolute atomic E-state index is 0.0424. The number of amides is 1. The molecular weight excluding hydrogens is 378 g/mol. The number of rotatable bonds is 5. The summed E-state index contributed by atoms with van der Waals surface area (Å²) in [6, 6.07) is 5.26. The molecule has 0 radical (unpaired) electrons. The van der Waals surface area contributed by atoms with Crippen molar-refractivity contribution in [3.8, 4) is 0 Å². The number of esters is 1. The van der Waals surface area contributed by atoms with Gasteiger partial charge in [-0.15, -0.1) is 0 Å².